The molecule has 0 aliphatic carbocycles. The summed E-state index contributed by atoms with van der Waals surface area (Å²) in [5.41, 5.74) is 4.45. The molecule has 0 atom stereocenters. The highest BCUT2D eigenvalue weighted by Gasteiger charge is 2.24. The predicted molar refractivity (Wildman–Crippen MR) is 111 cm³/mol. The number of piperazine rings is 1. The zero-order valence-corrected chi connectivity index (χ0v) is 17.0. The van der Waals surface area contributed by atoms with Crippen LogP contribution in [0.2, 0.25) is 0 Å². The van der Waals surface area contributed by atoms with E-state index in [1.54, 1.807) is 18.1 Å². The Morgan fingerprint density at radius 1 is 1.25 bits per heavy atom. The van der Waals surface area contributed by atoms with E-state index in [9.17, 15) is 9.90 Å². The quantitative estimate of drug-likeness (QED) is 0.845. The Bertz CT molecular complexity index is 841. The summed E-state index contributed by atoms with van der Waals surface area (Å²) >= 11 is 0. The van der Waals surface area contributed by atoms with Crippen LogP contribution < -0.4 is 15.0 Å². The smallest absolute Gasteiger partial charge is 0.322 e. The lowest BCUT2D eigenvalue weighted by Gasteiger charge is -2.37. The molecule has 150 valence electrons. The van der Waals surface area contributed by atoms with Gasteiger partial charge in [-0.05, 0) is 43.5 Å². The first-order chi connectivity index (χ1) is 13.4. The van der Waals surface area contributed by atoms with Crippen molar-refractivity contribution >= 4 is 17.4 Å². The summed E-state index contributed by atoms with van der Waals surface area (Å²) in [4.78, 5) is 21.1. The van der Waals surface area contributed by atoms with Gasteiger partial charge in [0.25, 0.3) is 0 Å². The van der Waals surface area contributed by atoms with Gasteiger partial charge in [-0.2, -0.15) is 0 Å². The number of aromatic nitrogens is 1. The van der Waals surface area contributed by atoms with E-state index < -0.39 is 0 Å². The Labute approximate surface area is 165 Å². The van der Waals surface area contributed by atoms with Gasteiger partial charge in [-0.3, -0.25) is 0 Å². The molecule has 0 radical (unpaired) electrons. The van der Waals surface area contributed by atoms with Crippen molar-refractivity contribution in [2.75, 3.05) is 43.5 Å². The molecular formula is C21H28N4O3. The van der Waals surface area contributed by atoms with E-state index in [4.69, 9.17) is 4.74 Å². The molecule has 2 N–H and O–H groups in total. The highest BCUT2D eigenvalue weighted by atomic mass is 16.5. The average Bonchev–Trinajstić information content (AvgIpc) is 2.69. The Morgan fingerprint density at radius 2 is 1.96 bits per heavy atom. The van der Waals surface area contributed by atoms with Crippen LogP contribution in [0.15, 0.2) is 24.3 Å². The van der Waals surface area contributed by atoms with Crippen molar-refractivity contribution in [3.63, 3.8) is 0 Å². The number of phenolic OH excluding ortho intramolecular Hbond substituents is 1. The summed E-state index contributed by atoms with van der Waals surface area (Å²) in [6.07, 6.45) is 0.838. The maximum absolute atomic E-state index is 12.8. The third-order valence-electron chi connectivity index (χ3n) is 5.20. The summed E-state index contributed by atoms with van der Waals surface area (Å²) in [5.74, 6) is 0.701. The number of hydrogen-bond donors (Lipinski definition) is 2. The minimum atomic E-state index is -0.167. The van der Waals surface area contributed by atoms with E-state index in [1.165, 1.54) is 0 Å². The van der Waals surface area contributed by atoms with Gasteiger partial charge in [-0.15, -0.1) is 0 Å². The van der Waals surface area contributed by atoms with Gasteiger partial charge in [0.2, 0.25) is 5.88 Å². The number of methoxy groups -OCH3 is 1. The Balaban J connectivity index is 1.68. The summed E-state index contributed by atoms with van der Waals surface area (Å²) in [6, 6.07) is 7.28. The number of anilines is 2. The number of para-hydroxylation sites is 1. The van der Waals surface area contributed by atoms with Crippen LogP contribution in [-0.4, -0.2) is 54.3 Å². The maximum Gasteiger partial charge on any atom is 0.322 e. The zero-order chi connectivity index (χ0) is 20.3. The van der Waals surface area contributed by atoms with Crippen LogP contribution in [0, 0.1) is 13.8 Å². The fraction of sp³-hybridized carbons (Fsp3) is 0.429. The van der Waals surface area contributed by atoms with Crippen molar-refractivity contribution in [1.82, 2.24) is 9.88 Å². The molecule has 1 fully saturated rings. The number of benzene rings is 1. The van der Waals surface area contributed by atoms with Crippen LogP contribution in [0.5, 0.6) is 11.6 Å². The van der Waals surface area contributed by atoms with Gasteiger partial charge >= 0.3 is 6.03 Å². The zero-order valence-electron chi connectivity index (χ0n) is 17.0. The van der Waals surface area contributed by atoms with Crippen LogP contribution in [0.4, 0.5) is 16.2 Å². The minimum Gasteiger partial charge on any atom is -0.506 e. The van der Waals surface area contributed by atoms with Gasteiger partial charge < -0.3 is 25.0 Å². The first-order valence-corrected chi connectivity index (χ1v) is 9.58. The van der Waals surface area contributed by atoms with E-state index in [0.717, 1.165) is 28.9 Å². The van der Waals surface area contributed by atoms with E-state index >= 15 is 0 Å². The van der Waals surface area contributed by atoms with Gasteiger partial charge in [-0.1, -0.05) is 19.1 Å². The number of carbonyl (C=O) groups is 1. The minimum absolute atomic E-state index is 0.167. The number of rotatable bonds is 4. The molecule has 28 heavy (non-hydrogen) atoms. The van der Waals surface area contributed by atoms with Crippen molar-refractivity contribution in [3.05, 3.63) is 41.1 Å². The molecule has 2 aromatic rings. The topological polar surface area (TPSA) is 77.9 Å². The molecule has 2 amide bonds. The summed E-state index contributed by atoms with van der Waals surface area (Å²) < 4.78 is 5.33. The maximum atomic E-state index is 12.8. The molecule has 0 spiro atoms. The Kier molecular flexibility index (Phi) is 5.92. The molecule has 1 aromatic carbocycles. The van der Waals surface area contributed by atoms with Gasteiger partial charge in [0.15, 0.2) is 0 Å². The second-order valence-corrected chi connectivity index (χ2v) is 6.99. The van der Waals surface area contributed by atoms with E-state index in [1.807, 2.05) is 32.0 Å². The van der Waals surface area contributed by atoms with E-state index in [2.05, 4.69) is 22.1 Å². The standard InChI is InChI=1S/C21H28N4O3/c1-5-16-13-17(20(28-4)22-15(16)3)23-21(27)25-11-9-24(10-12-25)19-14(2)7-6-8-18(19)26/h6-8,13,26H,5,9-12H2,1-4H3,(H,23,27). The molecule has 1 saturated heterocycles. The van der Waals surface area contributed by atoms with Crippen molar-refractivity contribution in [2.24, 2.45) is 0 Å². The second-order valence-electron chi connectivity index (χ2n) is 6.99. The number of aryl methyl sites for hydroxylation is 3. The van der Waals surface area contributed by atoms with Crippen molar-refractivity contribution in [2.45, 2.75) is 27.2 Å². The van der Waals surface area contributed by atoms with Gasteiger partial charge in [0.05, 0.1) is 12.8 Å². The number of hydrogen-bond acceptors (Lipinski definition) is 5. The van der Waals surface area contributed by atoms with Crippen molar-refractivity contribution in [3.8, 4) is 11.6 Å². The van der Waals surface area contributed by atoms with Gasteiger partial charge in [-0.25, -0.2) is 9.78 Å². The highest BCUT2D eigenvalue weighted by molar-refractivity contribution is 5.91. The molecule has 0 unspecified atom stereocenters. The number of ether oxygens (including phenoxy) is 1. The first-order valence-electron chi connectivity index (χ1n) is 9.58. The molecule has 1 aliphatic heterocycles. The number of nitrogens with one attached hydrogen (secondary N) is 1. The molecule has 0 bridgehead atoms. The molecule has 7 nitrogen and oxygen atoms in total. The molecule has 7 heteroatoms. The molecular weight excluding hydrogens is 356 g/mol. The van der Waals surface area contributed by atoms with Crippen LogP contribution in [0.3, 0.4) is 0 Å². The monoisotopic (exact) mass is 384 g/mol. The highest BCUT2D eigenvalue weighted by Crippen LogP contribution is 2.31. The summed E-state index contributed by atoms with van der Waals surface area (Å²) in [5, 5.41) is 13.1. The van der Waals surface area contributed by atoms with Gasteiger partial charge in [0.1, 0.15) is 11.4 Å². The van der Waals surface area contributed by atoms with E-state index in [-0.39, 0.29) is 11.8 Å². The third-order valence-corrected chi connectivity index (χ3v) is 5.20. The molecule has 0 saturated carbocycles. The number of nitrogens with zero attached hydrogens (tertiary/aromatic N) is 3. The van der Waals surface area contributed by atoms with Crippen LogP contribution in [0.1, 0.15) is 23.7 Å². The molecule has 1 aliphatic rings. The number of amides is 2. The third kappa shape index (κ3) is 3.98. The summed E-state index contributed by atoms with van der Waals surface area (Å²) in [6.45, 7) is 8.44. The van der Waals surface area contributed by atoms with Crippen LogP contribution in [0.25, 0.3) is 0 Å². The second kappa shape index (κ2) is 8.37. The average molecular weight is 384 g/mol. The van der Waals surface area contributed by atoms with Crippen molar-refractivity contribution in [1.29, 1.82) is 0 Å². The SMILES string of the molecule is CCc1cc(NC(=O)N2CCN(c3c(C)cccc3O)CC2)c(OC)nc1C. The number of pyridine rings is 1. The normalized spacial score (nSPS) is 14.1. The number of carbonyl (C=O) groups excluding carboxylic acids is 1. The lowest BCUT2D eigenvalue weighted by atomic mass is 10.1. The number of urea groups is 1. The first kappa shape index (κ1) is 19.8. The van der Waals surface area contributed by atoms with Crippen molar-refractivity contribution < 1.29 is 14.6 Å². The Morgan fingerprint density at radius 3 is 2.57 bits per heavy atom. The lowest BCUT2D eigenvalue weighted by molar-refractivity contribution is 0.208. The fourth-order valence-electron chi connectivity index (χ4n) is 3.61. The number of aromatic hydroxyl groups is 1. The Hall–Kier alpha value is -2.96. The van der Waals surface area contributed by atoms with E-state index in [0.29, 0.717) is 37.7 Å². The van der Waals surface area contributed by atoms with Crippen LogP contribution in [-0.2, 0) is 6.42 Å². The largest absolute Gasteiger partial charge is 0.506 e. The molecule has 1 aromatic heterocycles. The number of phenols is 1. The predicted octanol–water partition coefficient (Wildman–Crippen LogP) is 3.33. The fourth-order valence-corrected chi connectivity index (χ4v) is 3.61. The lowest BCUT2D eigenvalue weighted by Crippen LogP contribution is -2.50. The molecule has 2 heterocycles. The van der Waals surface area contributed by atoms with Gasteiger partial charge in [0, 0.05) is 31.9 Å². The van der Waals surface area contributed by atoms with Crippen LogP contribution >= 0.6 is 0 Å². The molecule has 3 rings (SSSR count). The summed E-state index contributed by atoms with van der Waals surface area (Å²) in [7, 11) is 1.55.